The van der Waals surface area contributed by atoms with Crippen LogP contribution in [0, 0.1) is 0 Å². The molecule has 2 saturated heterocycles. The fourth-order valence-corrected chi connectivity index (χ4v) is 9.08. The second-order valence-corrected chi connectivity index (χ2v) is 15.9. The third kappa shape index (κ3) is 7.85. The van der Waals surface area contributed by atoms with Gasteiger partial charge >= 0.3 is 5.65 Å². The van der Waals surface area contributed by atoms with E-state index in [1.54, 1.807) is 0 Å². The second-order valence-electron chi connectivity index (χ2n) is 11.4. The van der Waals surface area contributed by atoms with E-state index >= 15 is 0 Å². The van der Waals surface area contributed by atoms with Crippen LogP contribution >= 0.6 is 23.5 Å². The van der Waals surface area contributed by atoms with Crippen LogP contribution in [0.2, 0.25) is 0 Å². The molecule has 0 aliphatic carbocycles. The fraction of sp³-hybridized carbons (Fsp3) is 0.545. The molecule has 0 radical (unpaired) electrons. The van der Waals surface area contributed by atoms with Crippen molar-refractivity contribution in [2.75, 3.05) is 31.8 Å². The Morgan fingerprint density at radius 3 is 2.15 bits per heavy atom. The molecule has 0 amide bonds. The van der Waals surface area contributed by atoms with E-state index in [1.165, 1.54) is 22.5 Å². The average molecular weight is 814 g/mol. The van der Waals surface area contributed by atoms with Crippen molar-refractivity contribution >= 4 is 57.7 Å². The molecule has 53 heavy (non-hydrogen) atoms. The number of aliphatic hydroxyl groups is 3. The summed E-state index contributed by atoms with van der Waals surface area (Å²) in [5.74, 6) is -0.586. The molecule has 2 fully saturated rings. The third-order valence-electron chi connectivity index (χ3n) is 7.90. The van der Waals surface area contributed by atoms with Crippen LogP contribution in [0.1, 0.15) is 12.5 Å². The number of fused-ring (bicyclic) bond motifs is 2. The monoisotopic (exact) mass is 814 g/mol. The Hall–Kier alpha value is -3.53. The van der Waals surface area contributed by atoms with E-state index in [0.29, 0.717) is 0 Å². The molecule has 4 aromatic rings. The lowest BCUT2D eigenvalue weighted by atomic mass is 10.1. The first kappa shape index (κ1) is 39.2. The van der Waals surface area contributed by atoms with Crippen molar-refractivity contribution in [3.8, 4) is 0 Å². The number of aryl methyl sites for hydroxylation is 1. The number of H-pyrrole nitrogens is 2. The predicted molar refractivity (Wildman–Crippen MR) is 162 cm³/mol. The van der Waals surface area contributed by atoms with Gasteiger partial charge in [-0.3, -0.25) is 42.4 Å². The first-order valence-corrected chi connectivity index (χ1v) is 19.1. The number of aromatic nitrogens is 8. The number of ether oxygens (including phenoxy) is 3. The maximum absolute atomic E-state index is 12.4. The number of aliphatic hydroxyl groups excluding tert-OH is 3. The minimum Gasteiger partial charge on any atom is -0.756 e. The summed E-state index contributed by atoms with van der Waals surface area (Å²) in [6.45, 7) is -2.24. The van der Waals surface area contributed by atoms with Crippen molar-refractivity contribution in [2.45, 2.75) is 49.1 Å². The lowest BCUT2D eigenvalue weighted by molar-refractivity contribution is -0.745. The Labute approximate surface area is 293 Å². The van der Waals surface area contributed by atoms with E-state index in [0.717, 1.165) is 18.0 Å². The lowest BCUT2D eigenvalue weighted by Gasteiger charge is -2.35. The first-order valence-electron chi connectivity index (χ1n) is 14.7. The molecule has 11 unspecified atom stereocenters. The topological polar surface area (TPSA) is 416 Å². The van der Waals surface area contributed by atoms with Gasteiger partial charge in [-0.05, 0) is 0 Å². The van der Waals surface area contributed by atoms with Gasteiger partial charge in [0.15, 0.2) is 23.7 Å². The number of anilines is 2. The molecule has 6 rings (SSSR count). The van der Waals surface area contributed by atoms with Gasteiger partial charge in [-0.1, -0.05) is 4.98 Å². The molecule has 0 saturated carbocycles. The van der Waals surface area contributed by atoms with Crippen molar-refractivity contribution < 1.29 is 80.1 Å². The van der Waals surface area contributed by atoms with Crippen molar-refractivity contribution in [1.82, 2.24) is 34.1 Å². The zero-order valence-electron chi connectivity index (χ0n) is 26.8. The number of hydrogen-bond acceptors (Lipinski definition) is 23. The standard InChI is InChI=1S/C22H31N10O18P3/c1-30-6-32(16-10(30)18(37)29-22(24)27-16)20-13(35)14(44-2)8(48-20)4-46-52(40,41)50-53(42,43)49-51(38,39)45-3-7-11(33)12(34)19(47-7)31-5-25-9-15(31)26-21(23)28-17(9)36/h5-8,11-14,19-20,33-35H,3-4H2,1-2H3,(H8-,23,24,26,27,28,29,36,37,38,39,40,41,42,43)/p-2. The second kappa shape index (κ2) is 14.3. The molecule has 4 aromatic heterocycles. The van der Waals surface area contributed by atoms with Gasteiger partial charge in [-0.2, -0.15) is 4.98 Å². The van der Waals surface area contributed by atoms with Gasteiger partial charge in [0.05, 0.1) is 26.6 Å². The fourth-order valence-electron chi connectivity index (χ4n) is 5.69. The van der Waals surface area contributed by atoms with Crippen molar-refractivity contribution in [1.29, 1.82) is 0 Å². The van der Waals surface area contributed by atoms with E-state index in [4.69, 9.17) is 25.7 Å². The molecular weight excluding hydrogens is 785 g/mol. The number of phosphoric acid groups is 3. The van der Waals surface area contributed by atoms with E-state index in [9.17, 15) is 53.3 Å². The summed E-state index contributed by atoms with van der Waals surface area (Å²) in [6.07, 6.45) is -10.2. The average Bonchev–Trinajstić information content (AvgIpc) is 3.76. The summed E-state index contributed by atoms with van der Waals surface area (Å²) in [5.41, 5.74) is 9.43. The summed E-state index contributed by atoms with van der Waals surface area (Å²) in [4.78, 5) is 77.8. The number of rotatable bonds is 13. The number of imidazole rings is 2. The molecule has 6 heterocycles. The molecule has 0 bridgehead atoms. The van der Waals surface area contributed by atoms with E-state index in [-0.39, 0.29) is 34.2 Å². The van der Waals surface area contributed by atoms with Crippen LogP contribution in [0.4, 0.5) is 11.9 Å². The Morgan fingerprint density at radius 2 is 1.51 bits per heavy atom. The minimum atomic E-state index is -6.35. The third-order valence-corrected chi connectivity index (χ3v) is 12.0. The minimum absolute atomic E-state index is 0.0294. The maximum atomic E-state index is 12.4. The first-order chi connectivity index (χ1) is 24.7. The van der Waals surface area contributed by atoms with Crippen LogP contribution in [0.15, 0.2) is 22.2 Å². The number of hydrogen-bond donors (Lipinski definition) is 7. The highest BCUT2D eigenvalue weighted by Crippen LogP contribution is 2.63. The summed E-state index contributed by atoms with van der Waals surface area (Å²) in [6, 6.07) is 0. The highest BCUT2D eigenvalue weighted by atomic mass is 31.3. The van der Waals surface area contributed by atoms with Gasteiger partial charge in [0.2, 0.25) is 17.7 Å². The van der Waals surface area contributed by atoms with Crippen LogP contribution in [0.3, 0.4) is 0 Å². The molecule has 0 spiro atoms. The van der Waals surface area contributed by atoms with Gasteiger partial charge < -0.3 is 64.7 Å². The van der Waals surface area contributed by atoms with Crippen molar-refractivity contribution in [2.24, 2.45) is 7.05 Å². The highest BCUT2D eigenvalue weighted by molar-refractivity contribution is 7.65. The molecule has 28 nitrogen and oxygen atoms in total. The summed E-state index contributed by atoms with van der Waals surface area (Å²) in [7, 11) is -15.7. The number of nitrogens with zero attached hydrogens (tertiary/aromatic N) is 6. The lowest BCUT2D eigenvalue weighted by Crippen LogP contribution is -2.46. The van der Waals surface area contributed by atoms with E-state index in [2.05, 4.69) is 42.6 Å². The Kier molecular flexibility index (Phi) is 10.6. The summed E-state index contributed by atoms with van der Waals surface area (Å²) >= 11 is 0. The largest absolute Gasteiger partial charge is 0.756 e. The summed E-state index contributed by atoms with van der Waals surface area (Å²) in [5, 5.41) is 31.8. The zero-order chi connectivity index (χ0) is 38.8. The number of nitrogens with two attached hydrogens (primary N) is 2. The van der Waals surface area contributed by atoms with Gasteiger partial charge in [-0.15, -0.1) is 0 Å². The maximum Gasteiger partial charge on any atom is 0.313 e. The molecule has 9 N–H and O–H groups in total. The van der Waals surface area contributed by atoms with E-state index < -0.39 is 96.9 Å². The van der Waals surface area contributed by atoms with Crippen LogP contribution in [0.25, 0.3) is 22.3 Å². The number of aromatic amines is 2. The zero-order valence-corrected chi connectivity index (χ0v) is 29.5. The smallest absolute Gasteiger partial charge is 0.313 e. The SMILES string of the molecule is COC1C(COP(=O)([O-])OP(=O)([O-])OP(=O)([O-])OCC2OC(n3cnc4c(=O)[nH]c(N)nc43)C(O)C2O)OC([n+]2cn(C)c3c(=O)[nH]c(N)nc32)C1O. The van der Waals surface area contributed by atoms with Gasteiger partial charge in [0.1, 0.15) is 36.6 Å². The highest BCUT2D eigenvalue weighted by Gasteiger charge is 2.49. The molecule has 11 atom stereocenters. The van der Waals surface area contributed by atoms with Crippen molar-refractivity contribution in [3.63, 3.8) is 0 Å². The molecular formula is C22H29N10O18P3-2. The summed E-state index contributed by atoms with van der Waals surface area (Å²) < 4.78 is 73.7. The van der Waals surface area contributed by atoms with Crippen LogP contribution in [0.5, 0.6) is 0 Å². The Bertz CT molecular complexity index is 2300. The van der Waals surface area contributed by atoms with E-state index in [1.807, 2.05) is 0 Å². The molecule has 2 aliphatic heterocycles. The number of nitrogen functional groups attached to an aromatic ring is 2. The van der Waals surface area contributed by atoms with Crippen LogP contribution < -0.4 is 41.8 Å². The van der Waals surface area contributed by atoms with Gasteiger partial charge in [0.25, 0.3) is 40.5 Å². The Balaban J connectivity index is 1.06. The van der Waals surface area contributed by atoms with Crippen LogP contribution in [-0.2, 0) is 52.6 Å². The molecule has 31 heteroatoms. The quantitative estimate of drug-likeness (QED) is 0.0488. The van der Waals surface area contributed by atoms with Crippen LogP contribution in [-0.4, -0.2) is 106 Å². The Morgan fingerprint density at radius 1 is 0.906 bits per heavy atom. The molecule has 0 aromatic carbocycles. The molecule has 292 valence electrons. The predicted octanol–water partition coefficient (Wildman–Crippen LogP) is -5.79. The van der Waals surface area contributed by atoms with Crippen molar-refractivity contribution in [3.05, 3.63) is 33.4 Å². The number of methoxy groups -OCH3 is 1. The number of phosphoric ester groups is 2. The normalized spacial score (nSPS) is 29.7. The molecule has 2 aliphatic rings. The number of nitrogens with one attached hydrogen (secondary N) is 2. The van der Waals surface area contributed by atoms with Gasteiger partial charge in [0, 0.05) is 7.11 Å². The van der Waals surface area contributed by atoms with Gasteiger partial charge in [-0.25, -0.2) is 18.2 Å².